The summed E-state index contributed by atoms with van der Waals surface area (Å²) in [5, 5.41) is 11.7. The van der Waals surface area contributed by atoms with Crippen LogP contribution in [0.15, 0.2) is 18.2 Å². The van der Waals surface area contributed by atoms with Gasteiger partial charge < -0.3 is 20.9 Å². The van der Waals surface area contributed by atoms with Crippen molar-refractivity contribution < 1.29 is 19.4 Å². The Hall–Kier alpha value is -2.08. The normalized spacial score (nSPS) is 15.7. The number of carboxylic acid groups (broad SMARTS) is 1. The summed E-state index contributed by atoms with van der Waals surface area (Å²) in [5.74, 6) is -0.819. The largest absolute Gasteiger partial charge is 0.495 e. The van der Waals surface area contributed by atoms with Gasteiger partial charge in [0.1, 0.15) is 5.75 Å². The average Bonchev–Trinajstić information content (AvgIpc) is 3.19. The number of nitrogens with one attached hydrogen (secondary N) is 1. The maximum absolute atomic E-state index is 12.1. The van der Waals surface area contributed by atoms with E-state index in [0.717, 1.165) is 12.8 Å². The highest BCUT2D eigenvalue weighted by atomic mass is 16.5. The number of ether oxygens (including phenoxy) is 1. The molecule has 102 valence electrons. The second-order valence-electron chi connectivity index (χ2n) is 4.66. The monoisotopic (exact) mass is 264 g/mol. The van der Waals surface area contributed by atoms with Crippen LogP contribution in [-0.2, 0) is 4.79 Å². The number of methoxy groups -OCH3 is 1. The number of nitrogens with two attached hydrogens (primary N) is 1. The number of carboxylic acids is 1. The molecule has 1 aromatic rings. The molecule has 0 aromatic heterocycles. The molecule has 6 nitrogen and oxygen atoms in total. The topological polar surface area (TPSA) is 102 Å². The van der Waals surface area contributed by atoms with Gasteiger partial charge in [-0.15, -0.1) is 0 Å². The fourth-order valence-corrected chi connectivity index (χ4v) is 1.87. The van der Waals surface area contributed by atoms with Crippen LogP contribution in [0.5, 0.6) is 5.75 Å². The van der Waals surface area contributed by atoms with Crippen molar-refractivity contribution in [2.75, 3.05) is 19.0 Å². The van der Waals surface area contributed by atoms with Gasteiger partial charge in [0.15, 0.2) is 0 Å². The van der Waals surface area contributed by atoms with E-state index in [4.69, 9.17) is 15.6 Å². The van der Waals surface area contributed by atoms with Gasteiger partial charge in [0, 0.05) is 6.54 Å². The number of rotatable bonds is 5. The maximum Gasteiger partial charge on any atom is 0.335 e. The van der Waals surface area contributed by atoms with Crippen LogP contribution in [0, 0.1) is 5.41 Å². The number of anilines is 1. The molecule has 0 radical (unpaired) electrons. The second kappa shape index (κ2) is 4.89. The summed E-state index contributed by atoms with van der Waals surface area (Å²) in [6.45, 7) is 0.291. The lowest BCUT2D eigenvalue weighted by Gasteiger charge is -2.15. The third-order valence-corrected chi connectivity index (χ3v) is 3.42. The summed E-state index contributed by atoms with van der Waals surface area (Å²) in [4.78, 5) is 23.0. The van der Waals surface area contributed by atoms with Crippen LogP contribution < -0.4 is 15.8 Å². The lowest BCUT2D eigenvalue weighted by Crippen LogP contribution is -2.31. The molecular weight excluding hydrogens is 248 g/mol. The molecule has 0 spiro atoms. The Morgan fingerprint density at radius 3 is 2.63 bits per heavy atom. The minimum Gasteiger partial charge on any atom is -0.495 e. The molecular formula is C13H16N2O4. The summed E-state index contributed by atoms with van der Waals surface area (Å²) < 4.78 is 5.11. The fraction of sp³-hybridized carbons (Fsp3) is 0.385. The van der Waals surface area contributed by atoms with E-state index in [1.165, 1.54) is 25.3 Å². The molecule has 6 heteroatoms. The number of hydrogen-bond acceptors (Lipinski definition) is 4. The molecule has 2 rings (SSSR count). The number of carbonyl (C=O) groups excluding carboxylic acids is 1. The van der Waals surface area contributed by atoms with Crippen molar-refractivity contribution in [1.82, 2.24) is 0 Å². The average molecular weight is 264 g/mol. The van der Waals surface area contributed by atoms with Gasteiger partial charge in [0.2, 0.25) is 5.91 Å². The van der Waals surface area contributed by atoms with E-state index in [1.807, 2.05) is 0 Å². The number of aromatic carboxylic acids is 1. The Balaban J connectivity index is 2.25. The summed E-state index contributed by atoms with van der Waals surface area (Å²) in [5.41, 5.74) is 5.54. The van der Waals surface area contributed by atoms with Gasteiger partial charge in [-0.2, -0.15) is 0 Å². The smallest absolute Gasteiger partial charge is 0.335 e. The third-order valence-electron chi connectivity index (χ3n) is 3.42. The number of carbonyl (C=O) groups is 2. The van der Waals surface area contributed by atoms with Crippen LogP contribution in [0.4, 0.5) is 5.69 Å². The molecule has 1 aliphatic rings. The zero-order valence-corrected chi connectivity index (χ0v) is 10.6. The van der Waals surface area contributed by atoms with Crippen molar-refractivity contribution >= 4 is 17.6 Å². The molecule has 4 N–H and O–H groups in total. The lowest BCUT2D eigenvalue weighted by atomic mass is 10.1. The van der Waals surface area contributed by atoms with Gasteiger partial charge in [-0.05, 0) is 31.0 Å². The Labute approximate surface area is 110 Å². The molecule has 1 aromatic carbocycles. The molecule has 0 bridgehead atoms. The van der Waals surface area contributed by atoms with Crippen LogP contribution in [-0.4, -0.2) is 30.6 Å². The Kier molecular flexibility index (Phi) is 3.44. The van der Waals surface area contributed by atoms with E-state index in [1.54, 1.807) is 0 Å². The van der Waals surface area contributed by atoms with Gasteiger partial charge in [-0.1, -0.05) is 0 Å². The molecule has 0 unspecified atom stereocenters. The molecule has 0 aliphatic heterocycles. The quantitative estimate of drug-likeness (QED) is 0.738. The Morgan fingerprint density at radius 2 is 2.16 bits per heavy atom. The lowest BCUT2D eigenvalue weighted by molar-refractivity contribution is -0.120. The van der Waals surface area contributed by atoms with Crippen LogP contribution >= 0.6 is 0 Å². The van der Waals surface area contributed by atoms with Gasteiger partial charge in [-0.25, -0.2) is 4.79 Å². The predicted octanol–water partition coefficient (Wildman–Crippen LogP) is 1.07. The summed E-state index contributed by atoms with van der Waals surface area (Å²) in [6.07, 6.45) is 1.52. The summed E-state index contributed by atoms with van der Waals surface area (Å²) >= 11 is 0. The van der Waals surface area contributed by atoms with Crippen molar-refractivity contribution in [2.24, 2.45) is 11.1 Å². The standard InChI is InChI=1S/C13H16N2O4/c1-19-10-3-2-8(11(16)17)6-9(10)15-12(18)13(7-14)4-5-13/h2-3,6H,4-5,7,14H2,1H3,(H,15,18)(H,16,17). The first-order valence-corrected chi connectivity index (χ1v) is 5.95. The first-order valence-electron chi connectivity index (χ1n) is 5.95. The first-order chi connectivity index (χ1) is 9.02. The zero-order valence-electron chi connectivity index (χ0n) is 10.6. The molecule has 1 aliphatic carbocycles. The van der Waals surface area contributed by atoms with E-state index < -0.39 is 11.4 Å². The van der Waals surface area contributed by atoms with E-state index in [2.05, 4.69) is 5.32 Å². The van der Waals surface area contributed by atoms with Crippen LogP contribution in [0.3, 0.4) is 0 Å². The molecule has 1 amide bonds. The predicted molar refractivity (Wildman–Crippen MR) is 69.3 cm³/mol. The Bertz CT molecular complexity index is 523. The van der Waals surface area contributed by atoms with E-state index in [0.29, 0.717) is 18.0 Å². The highest BCUT2D eigenvalue weighted by Gasteiger charge is 2.48. The molecule has 1 fully saturated rings. The van der Waals surface area contributed by atoms with Gasteiger partial charge in [-0.3, -0.25) is 4.79 Å². The highest BCUT2D eigenvalue weighted by molar-refractivity contribution is 5.99. The SMILES string of the molecule is COc1ccc(C(=O)O)cc1NC(=O)C1(CN)CC1. The van der Waals surface area contributed by atoms with Crippen molar-refractivity contribution in [1.29, 1.82) is 0 Å². The van der Waals surface area contributed by atoms with E-state index in [-0.39, 0.29) is 11.5 Å². The van der Waals surface area contributed by atoms with Crippen LogP contribution in [0.25, 0.3) is 0 Å². The van der Waals surface area contributed by atoms with Crippen molar-refractivity contribution in [3.05, 3.63) is 23.8 Å². The third kappa shape index (κ3) is 2.53. The Morgan fingerprint density at radius 1 is 1.47 bits per heavy atom. The first kappa shape index (κ1) is 13.4. The zero-order chi connectivity index (χ0) is 14.0. The number of benzene rings is 1. The van der Waals surface area contributed by atoms with Gasteiger partial charge in [0.25, 0.3) is 0 Å². The molecule has 0 atom stereocenters. The minimum atomic E-state index is -1.06. The van der Waals surface area contributed by atoms with E-state index in [9.17, 15) is 9.59 Å². The second-order valence-corrected chi connectivity index (χ2v) is 4.66. The minimum absolute atomic E-state index is 0.0914. The van der Waals surface area contributed by atoms with Gasteiger partial charge in [0.05, 0.1) is 23.8 Å². The molecule has 1 saturated carbocycles. The molecule has 0 heterocycles. The van der Waals surface area contributed by atoms with Crippen LogP contribution in [0.1, 0.15) is 23.2 Å². The fourth-order valence-electron chi connectivity index (χ4n) is 1.87. The highest BCUT2D eigenvalue weighted by Crippen LogP contribution is 2.45. The van der Waals surface area contributed by atoms with Crippen molar-refractivity contribution in [3.8, 4) is 5.75 Å². The van der Waals surface area contributed by atoms with Crippen molar-refractivity contribution in [2.45, 2.75) is 12.8 Å². The number of hydrogen-bond donors (Lipinski definition) is 3. The number of amides is 1. The van der Waals surface area contributed by atoms with E-state index >= 15 is 0 Å². The molecule has 0 saturated heterocycles. The summed E-state index contributed by atoms with van der Waals surface area (Å²) in [6, 6.07) is 4.32. The summed E-state index contributed by atoms with van der Waals surface area (Å²) in [7, 11) is 1.46. The van der Waals surface area contributed by atoms with Gasteiger partial charge >= 0.3 is 5.97 Å². The van der Waals surface area contributed by atoms with Crippen molar-refractivity contribution in [3.63, 3.8) is 0 Å². The molecule has 19 heavy (non-hydrogen) atoms. The maximum atomic E-state index is 12.1. The van der Waals surface area contributed by atoms with Crippen LogP contribution in [0.2, 0.25) is 0 Å².